The lowest BCUT2D eigenvalue weighted by molar-refractivity contribution is -0.117. The summed E-state index contributed by atoms with van der Waals surface area (Å²) in [6.07, 6.45) is 7.98. The van der Waals surface area contributed by atoms with Gasteiger partial charge in [0, 0.05) is 11.2 Å². The average molecular weight is 304 g/mol. The Balaban J connectivity index is 1.48. The summed E-state index contributed by atoms with van der Waals surface area (Å²) in [5.41, 5.74) is 0.172. The molecule has 5 aliphatic rings. The highest BCUT2D eigenvalue weighted by Crippen LogP contribution is 2.60. The highest BCUT2D eigenvalue weighted by Gasteiger charge is 2.54. The van der Waals surface area contributed by atoms with Crippen LogP contribution in [0.25, 0.3) is 0 Å². The maximum atomic E-state index is 11.9. The predicted molar refractivity (Wildman–Crippen MR) is 79.2 cm³/mol. The van der Waals surface area contributed by atoms with Crippen LogP contribution >= 0.6 is 11.8 Å². The summed E-state index contributed by atoms with van der Waals surface area (Å²) in [6.45, 7) is 0. The normalized spacial score (nSPS) is 44.7. The summed E-state index contributed by atoms with van der Waals surface area (Å²) in [6, 6.07) is 0. The molecule has 1 aromatic heterocycles. The molecular formula is C16H20N2O2S. The standard InChI is InChI=1S/C16H20N2O2S/c19-13-8-21-7-12(13)14-17-15(18-20-14)16-4-9-1-10(5-16)3-11(2-9)6-16/h9-12H,1-8H2. The maximum absolute atomic E-state index is 11.9. The molecule has 0 aromatic carbocycles. The second-order valence-electron chi connectivity index (χ2n) is 7.69. The topological polar surface area (TPSA) is 56.0 Å². The zero-order valence-electron chi connectivity index (χ0n) is 12.1. The molecule has 4 saturated carbocycles. The highest BCUT2D eigenvalue weighted by atomic mass is 32.2. The SMILES string of the molecule is O=C1CSCC1c1nc(C23CC4CC(CC(C4)C2)C3)no1. The van der Waals surface area contributed by atoms with Crippen LogP contribution in [0.5, 0.6) is 0 Å². The largest absolute Gasteiger partial charge is 0.339 e. The van der Waals surface area contributed by atoms with E-state index in [-0.39, 0.29) is 17.1 Å². The van der Waals surface area contributed by atoms with Crippen LogP contribution in [0.1, 0.15) is 56.2 Å². The van der Waals surface area contributed by atoms with E-state index >= 15 is 0 Å². The molecule has 0 N–H and O–H groups in total. The van der Waals surface area contributed by atoms with Crippen molar-refractivity contribution in [1.29, 1.82) is 0 Å². The fourth-order valence-electron chi connectivity index (χ4n) is 5.66. The number of thioether (sulfide) groups is 1. The van der Waals surface area contributed by atoms with Crippen LogP contribution in [0.2, 0.25) is 0 Å². The Morgan fingerprint density at radius 1 is 1.10 bits per heavy atom. The van der Waals surface area contributed by atoms with Crippen molar-refractivity contribution in [1.82, 2.24) is 10.1 Å². The zero-order chi connectivity index (χ0) is 14.0. The molecular weight excluding hydrogens is 284 g/mol. The van der Waals surface area contributed by atoms with E-state index in [1.54, 1.807) is 11.8 Å². The third-order valence-electron chi connectivity index (χ3n) is 6.17. The minimum Gasteiger partial charge on any atom is -0.339 e. The van der Waals surface area contributed by atoms with Crippen molar-refractivity contribution in [3.05, 3.63) is 11.7 Å². The Morgan fingerprint density at radius 3 is 2.33 bits per heavy atom. The Morgan fingerprint density at radius 2 is 1.76 bits per heavy atom. The molecule has 1 aromatic rings. The van der Waals surface area contributed by atoms with E-state index in [1.165, 1.54) is 38.5 Å². The number of rotatable bonds is 2. The van der Waals surface area contributed by atoms with Gasteiger partial charge in [-0.15, -0.1) is 0 Å². The van der Waals surface area contributed by atoms with Gasteiger partial charge >= 0.3 is 0 Å². The molecule has 4 bridgehead atoms. The van der Waals surface area contributed by atoms with Crippen LogP contribution in [0.4, 0.5) is 0 Å². The third-order valence-corrected chi connectivity index (χ3v) is 7.23. The molecule has 0 spiro atoms. The lowest BCUT2D eigenvalue weighted by Gasteiger charge is -2.55. The first-order valence-electron chi connectivity index (χ1n) is 8.16. The number of Topliss-reactive ketones (excluding diaryl/α,β-unsaturated/α-hetero) is 1. The number of hydrogen-bond donors (Lipinski definition) is 0. The number of aromatic nitrogens is 2. The molecule has 4 aliphatic carbocycles. The molecule has 0 radical (unpaired) electrons. The van der Waals surface area contributed by atoms with Crippen molar-refractivity contribution >= 4 is 17.5 Å². The van der Waals surface area contributed by atoms with Gasteiger partial charge in [0.15, 0.2) is 11.6 Å². The van der Waals surface area contributed by atoms with E-state index in [0.717, 1.165) is 29.3 Å². The van der Waals surface area contributed by atoms with Gasteiger partial charge in [0.05, 0.1) is 5.75 Å². The third kappa shape index (κ3) is 1.85. The molecule has 1 unspecified atom stereocenters. The van der Waals surface area contributed by atoms with E-state index in [4.69, 9.17) is 9.51 Å². The van der Waals surface area contributed by atoms with Gasteiger partial charge in [0.1, 0.15) is 5.92 Å². The van der Waals surface area contributed by atoms with Gasteiger partial charge in [-0.1, -0.05) is 5.16 Å². The quantitative estimate of drug-likeness (QED) is 0.841. The van der Waals surface area contributed by atoms with Crippen LogP contribution in [-0.4, -0.2) is 27.4 Å². The first-order chi connectivity index (χ1) is 10.2. The van der Waals surface area contributed by atoms with Crippen LogP contribution in [-0.2, 0) is 10.2 Å². The molecule has 5 heteroatoms. The Kier molecular flexibility index (Phi) is 2.62. The number of ketones is 1. The van der Waals surface area contributed by atoms with Gasteiger partial charge in [0.2, 0.25) is 5.89 Å². The molecule has 112 valence electrons. The zero-order valence-corrected chi connectivity index (χ0v) is 12.9. The second-order valence-corrected chi connectivity index (χ2v) is 8.72. The molecule has 4 nitrogen and oxygen atoms in total. The summed E-state index contributed by atoms with van der Waals surface area (Å²) in [5.74, 6) is 5.63. The fraction of sp³-hybridized carbons (Fsp3) is 0.812. The predicted octanol–water partition coefficient (Wildman–Crippen LogP) is 2.94. The van der Waals surface area contributed by atoms with Crippen LogP contribution < -0.4 is 0 Å². The van der Waals surface area contributed by atoms with Crippen LogP contribution in [0.3, 0.4) is 0 Å². The maximum Gasteiger partial charge on any atom is 0.238 e. The molecule has 1 aliphatic heterocycles. The van der Waals surface area contributed by atoms with Crippen molar-refractivity contribution in [2.75, 3.05) is 11.5 Å². The van der Waals surface area contributed by atoms with Crippen LogP contribution in [0.15, 0.2) is 4.52 Å². The lowest BCUT2D eigenvalue weighted by Crippen LogP contribution is -2.49. The van der Waals surface area contributed by atoms with Gasteiger partial charge < -0.3 is 4.52 Å². The second kappa shape index (κ2) is 4.34. The van der Waals surface area contributed by atoms with E-state index in [1.807, 2.05) is 0 Å². The average Bonchev–Trinajstić information content (AvgIpc) is 3.05. The molecule has 5 fully saturated rings. The van der Waals surface area contributed by atoms with Crippen molar-refractivity contribution in [2.45, 2.75) is 49.9 Å². The van der Waals surface area contributed by atoms with Crippen molar-refractivity contribution in [3.63, 3.8) is 0 Å². The van der Waals surface area contributed by atoms with Crippen molar-refractivity contribution in [3.8, 4) is 0 Å². The van der Waals surface area contributed by atoms with Gasteiger partial charge in [-0.05, 0) is 56.3 Å². The first kappa shape index (κ1) is 12.7. The molecule has 6 rings (SSSR count). The van der Waals surface area contributed by atoms with E-state index in [2.05, 4.69) is 5.16 Å². The summed E-state index contributed by atoms with van der Waals surface area (Å²) < 4.78 is 5.51. The monoisotopic (exact) mass is 304 g/mol. The van der Waals surface area contributed by atoms with Crippen molar-refractivity contribution < 1.29 is 9.32 Å². The smallest absolute Gasteiger partial charge is 0.238 e. The van der Waals surface area contributed by atoms with E-state index in [9.17, 15) is 4.79 Å². The van der Waals surface area contributed by atoms with E-state index in [0.29, 0.717) is 11.6 Å². The first-order valence-corrected chi connectivity index (χ1v) is 9.32. The molecule has 2 heterocycles. The van der Waals surface area contributed by atoms with Crippen LogP contribution in [0, 0.1) is 17.8 Å². The summed E-state index contributed by atoms with van der Waals surface area (Å²) in [4.78, 5) is 16.6. The van der Waals surface area contributed by atoms with Gasteiger partial charge in [-0.2, -0.15) is 16.7 Å². The number of hydrogen-bond acceptors (Lipinski definition) is 5. The van der Waals surface area contributed by atoms with Gasteiger partial charge in [-0.3, -0.25) is 4.79 Å². The summed E-state index contributed by atoms with van der Waals surface area (Å²) in [5, 5.41) is 4.34. The summed E-state index contributed by atoms with van der Waals surface area (Å²) in [7, 11) is 0. The Labute approximate surface area is 128 Å². The summed E-state index contributed by atoms with van der Waals surface area (Å²) >= 11 is 1.68. The van der Waals surface area contributed by atoms with E-state index < -0.39 is 0 Å². The number of nitrogens with zero attached hydrogens (tertiary/aromatic N) is 2. The number of carbonyl (C=O) groups excluding carboxylic acids is 1. The Bertz CT molecular complexity index is 562. The lowest BCUT2D eigenvalue weighted by atomic mass is 9.49. The van der Waals surface area contributed by atoms with Gasteiger partial charge in [-0.25, -0.2) is 0 Å². The molecule has 1 atom stereocenters. The molecule has 21 heavy (non-hydrogen) atoms. The number of carbonyl (C=O) groups is 1. The highest BCUT2D eigenvalue weighted by molar-refractivity contribution is 8.00. The minimum atomic E-state index is -0.148. The Hall–Kier alpha value is -0.840. The van der Waals surface area contributed by atoms with Gasteiger partial charge in [0.25, 0.3) is 0 Å². The molecule has 0 amide bonds. The molecule has 1 saturated heterocycles. The minimum absolute atomic E-state index is 0.148. The fourth-order valence-corrected chi connectivity index (χ4v) is 6.74. The van der Waals surface area contributed by atoms with Crippen molar-refractivity contribution in [2.24, 2.45) is 17.8 Å².